The van der Waals surface area contributed by atoms with Crippen LogP contribution in [0, 0.1) is 0 Å². The van der Waals surface area contributed by atoms with Crippen LogP contribution >= 0.6 is 0 Å². The van der Waals surface area contributed by atoms with E-state index in [0.29, 0.717) is 13.1 Å². The highest BCUT2D eigenvalue weighted by atomic mass is 16.2. The molecule has 0 radical (unpaired) electrons. The number of nitrogens with zero attached hydrogens (tertiary/aromatic N) is 3. The summed E-state index contributed by atoms with van der Waals surface area (Å²) in [6.45, 7) is 1.13. The Labute approximate surface area is 111 Å². The number of hydrogen-bond donors (Lipinski definition) is 2. The molecule has 2 rings (SSSR count). The Morgan fingerprint density at radius 1 is 1.26 bits per heavy atom. The molecule has 0 spiro atoms. The van der Waals surface area contributed by atoms with Crippen molar-refractivity contribution in [3.63, 3.8) is 0 Å². The summed E-state index contributed by atoms with van der Waals surface area (Å²) < 4.78 is 0. The molecule has 0 bridgehead atoms. The van der Waals surface area contributed by atoms with Crippen LogP contribution in [0.3, 0.4) is 0 Å². The van der Waals surface area contributed by atoms with E-state index in [-0.39, 0.29) is 6.03 Å². The van der Waals surface area contributed by atoms with Gasteiger partial charge in [-0.1, -0.05) is 24.3 Å². The average molecular weight is 259 g/mol. The van der Waals surface area contributed by atoms with Gasteiger partial charge in [-0.25, -0.2) is 4.79 Å². The normalized spacial score (nSPS) is 10.2. The molecular weight excluding hydrogens is 242 g/mol. The van der Waals surface area contributed by atoms with E-state index < -0.39 is 0 Å². The summed E-state index contributed by atoms with van der Waals surface area (Å²) in [5, 5.41) is 16.0. The molecule has 100 valence electrons. The number of carbonyl (C=O) groups is 1. The van der Waals surface area contributed by atoms with Crippen LogP contribution in [0.5, 0.6) is 0 Å². The molecule has 0 unspecified atom stereocenters. The van der Waals surface area contributed by atoms with Gasteiger partial charge in [-0.05, 0) is 0 Å². The number of rotatable bonds is 4. The predicted molar refractivity (Wildman–Crippen MR) is 75.1 cm³/mol. The van der Waals surface area contributed by atoms with E-state index in [9.17, 15) is 4.79 Å². The van der Waals surface area contributed by atoms with Gasteiger partial charge in [-0.2, -0.15) is 5.10 Å². The maximum Gasteiger partial charge on any atom is 0.316 e. The molecule has 2 N–H and O–H groups in total. The highest BCUT2D eigenvalue weighted by Gasteiger charge is 2.03. The summed E-state index contributed by atoms with van der Waals surface area (Å²) in [5.41, 5.74) is 0. The molecule has 0 saturated carbocycles. The second kappa shape index (κ2) is 5.99. The fourth-order valence-corrected chi connectivity index (χ4v) is 1.67. The fraction of sp³-hybridized carbons (Fsp3) is 0.308. The van der Waals surface area contributed by atoms with Crippen LogP contribution in [-0.2, 0) is 0 Å². The largest absolute Gasteiger partial charge is 0.366 e. The molecule has 19 heavy (non-hydrogen) atoms. The second-order valence-electron chi connectivity index (χ2n) is 4.33. The molecular formula is C13H17N5O. The second-order valence-corrected chi connectivity index (χ2v) is 4.33. The molecule has 0 aliphatic rings. The van der Waals surface area contributed by atoms with Crippen molar-refractivity contribution in [2.24, 2.45) is 0 Å². The lowest BCUT2D eigenvalue weighted by Crippen LogP contribution is -2.37. The average Bonchev–Trinajstić information content (AvgIpc) is 2.43. The minimum absolute atomic E-state index is 0.106. The summed E-state index contributed by atoms with van der Waals surface area (Å²) in [6.07, 6.45) is 1.73. The van der Waals surface area contributed by atoms with Crippen LogP contribution in [0.1, 0.15) is 0 Å². The summed E-state index contributed by atoms with van der Waals surface area (Å²) in [4.78, 5) is 12.8. The highest BCUT2D eigenvalue weighted by Crippen LogP contribution is 2.18. The maximum atomic E-state index is 11.3. The number of anilines is 1. The third kappa shape index (κ3) is 3.31. The monoisotopic (exact) mass is 259 g/mol. The topological polar surface area (TPSA) is 70.2 Å². The van der Waals surface area contributed by atoms with Crippen LogP contribution < -0.4 is 10.6 Å². The first-order chi connectivity index (χ1) is 9.18. The Morgan fingerprint density at radius 3 is 2.84 bits per heavy atom. The van der Waals surface area contributed by atoms with Crippen molar-refractivity contribution in [1.29, 1.82) is 0 Å². The van der Waals surface area contributed by atoms with Crippen molar-refractivity contribution in [3.8, 4) is 0 Å². The first-order valence-electron chi connectivity index (χ1n) is 6.08. The van der Waals surface area contributed by atoms with E-state index in [2.05, 4.69) is 20.8 Å². The van der Waals surface area contributed by atoms with Crippen molar-refractivity contribution in [1.82, 2.24) is 20.4 Å². The third-order valence-electron chi connectivity index (χ3n) is 2.67. The van der Waals surface area contributed by atoms with Gasteiger partial charge in [0.2, 0.25) is 0 Å². The van der Waals surface area contributed by atoms with Crippen molar-refractivity contribution in [2.45, 2.75) is 0 Å². The third-order valence-corrected chi connectivity index (χ3v) is 2.67. The number of hydrogen-bond acceptors (Lipinski definition) is 4. The Bertz CT molecular complexity index is 564. The van der Waals surface area contributed by atoms with Gasteiger partial charge in [0.1, 0.15) is 0 Å². The molecule has 0 saturated heterocycles. The van der Waals surface area contributed by atoms with Gasteiger partial charge >= 0.3 is 6.03 Å². The van der Waals surface area contributed by atoms with Crippen molar-refractivity contribution >= 4 is 22.6 Å². The predicted octanol–water partition coefficient (Wildman–Crippen LogP) is 1.31. The lowest BCUT2D eigenvalue weighted by Gasteiger charge is -2.12. The SMILES string of the molecule is CN(C)C(=O)NCCNc1nncc2ccccc12. The van der Waals surface area contributed by atoms with E-state index >= 15 is 0 Å². The first kappa shape index (κ1) is 13.1. The van der Waals surface area contributed by atoms with E-state index in [0.717, 1.165) is 16.6 Å². The summed E-state index contributed by atoms with van der Waals surface area (Å²) in [7, 11) is 3.41. The highest BCUT2D eigenvalue weighted by molar-refractivity contribution is 5.90. The molecule has 2 amide bonds. The van der Waals surface area contributed by atoms with Crippen LogP contribution in [0.4, 0.5) is 10.6 Å². The van der Waals surface area contributed by atoms with Gasteiger partial charge in [0.05, 0.1) is 6.20 Å². The smallest absolute Gasteiger partial charge is 0.316 e. The van der Waals surface area contributed by atoms with E-state index in [1.165, 1.54) is 4.90 Å². The number of amides is 2. The van der Waals surface area contributed by atoms with E-state index in [4.69, 9.17) is 0 Å². The van der Waals surface area contributed by atoms with Crippen LogP contribution in [-0.4, -0.2) is 48.3 Å². The number of urea groups is 1. The molecule has 2 aromatic rings. The van der Waals surface area contributed by atoms with Crippen LogP contribution in [0.15, 0.2) is 30.5 Å². The number of carbonyl (C=O) groups excluding carboxylic acids is 1. The minimum atomic E-state index is -0.106. The minimum Gasteiger partial charge on any atom is -0.366 e. The van der Waals surface area contributed by atoms with Crippen LogP contribution in [0.2, 0.25) is 0 Å². The van der Waals surface area contributed by atoms with Crippen molar-refractivity contribution < 1.29 is 4.79 Å². The zero-order chi connectivity index (χ0) is 13.7. The number of fused-ring (bicyclic) bond motifs is 1. The van der Waals surface area contributed by atoms with E-state index in [1.807, 2.05) is 24.3 Å². The summed E-state index contributed by atoms with van der Waals surface area (Å²) in [6, 6.07) is 7.80. The van der Waals surface area contributed by atoms with Gasteiger partial charge in [0.25, 0.3) is 0 Å². The van der Waals surface area contributed by atoms with Gasteiger partial charge in [-0.15, -0.1) is 5.10 Å². The van der Waals surface area contributed by atoms with Crippen LogP contribution in [0.25, 0.3) is 10.8 Å². The standard InChI is InChI=1S/C13H17N5O/c1-18(2)13(19)15-8-7-14-12-11-6-4-3-5-10(11)9-16-17-12/h3-6,9H,7-8H2,1-2H3,(H,14,17)(H,15,19). The Morgan fingerprint density at radius 2 is 2.05 bits per heavy atom. The molecule has 6 nitrogen and oxygen atoms in total. The van der Waals surface area contributed by atoms with E-state index in [1.54, 1.807) is 20.3 Å². The van der Waals surface area contributed by atoms with Gasteiger partial charge in [-0.3, -0.25) is 0 Å². The molecule has 0 aliphatic carbocycles. The summed E-state index contributed by atoms with van der Waals surface area (Å²) >= 11 is 0. The lowest BCUT2D eigenvalue weighted by atomic mass is 10.2. The molecule has 6 heteroatoms. The zero-order valence-corrected chi connectivity index (χ0v) is 11.1. The van der Waals surface area contributed by atoms with Gasteiger partial charge in [0.15, 0.2) is 5.82 Å². The maximum absolute atomic E-state index is 11.3. The molecule has 0 atom stereocenters. The number of aromatic nitrogens is 2. The summed E-state index contributed by atoms with van der Waals surface area (Å²) in [5.74, 6) is 0.734. The fourth-order valence-electron chi connectivity index (χ4n) is 1.67. The number of nitrogens with one attached hydrogen (secondary N) is 2. The first-order valence-corrected chi connectivity index (χ1v) is 6.08. The Kier molecular flexibility index (Phi) is 4.12. The van der Waals surface area contributed by atoms with Crippen molar-refractivity contribution in [2.75, 3.05) is 32.5 Å². The van der Waals surface area contributed by atoms with Gasteiger partial charge < -0.3 is 15.5 Å². The Balaban J connectivity index is 1.93. The quantitative estimate of drug-likeness (QED) is 0.812. The molecule has 1 heterocycles. The molecule has 0 aliphatic heterocycles. The molecule has 1 aromatic carbocycles. The van der Waals surface area contributed by atoms with Crippen molar-refractivity contribution in [3.05, 3.63) is 30.5 Å². The van der Waals surface area contributed by atoms with Gasteiger partial charge in [0, 0.05) is 38.0 Å². The Hall–Kier alpha value is -2.37. The molecule has 1 aromatic heterocycles. The lowest BCUT2D eigenvalue weighted by molar-refractivity contribution is 0.218. The molecule has 0 fully saturated rings. The number of benzene rings is 1. The zero-order valence-electron chi connectivity index (χ0n) is 11.1.